The van der Waals surface area contributed by atoms with Gasteiger partial charge in [-0.05, 0) is 18.4 Å². The fourth-order valence-electron chi connectivity index (χ4n) is 0.774. The third kappa shape index (κ3) is 5.84. The first-order valence-electron chi connectivity index (χ1n) is 4.08. The maximum atomic E-state index is 12.4. The van der Waals surface area contributed by atoms with Crippen LogP contribution in [0.2, 0.25) is 0 Å². The van der Waals surface area contributed by atoms with Gasteiger partial charge in [0.05, 0.1) is 0 Å². The van der Waals surface area contributed by atoms with E-state index < -0.39 is 0 Å². The fourth-order valence-corrected chi connectivity index (χ4v) is 0.774. The second-order valence-corrected chi connectivity index (χ2v) is 2.35. The Morgan fingerprint density at radius 2 is 1.73 bits per heavy atom. The average Bonchev–Trinajstić information content (AvgIpc) is 1.91. The molecule has 0 bridgehead atoms. The van der Waals surface area contributed by atoms with E-state index in [0.717, 1.165) is 0 Å². The van der Waals surface area contributed by atoms with E-state index in [0.29, 0.717) is 5.57 Å². The molecule has 0 radical (unpaired) electrons. The van der Waals surface area contributed by atoms with Gasteiger partial charge in [0.1, 0.15) is 5.83 Å². The van der Waals surface area contributed by atoms with E-state index in [-0.39, 0.29) is 11.7 Å². The van der Waals surface area contributed by atoms with Gasteiger partial charge in [0.15, 0.2) is 0 Å². The van der Waals surface area contributed by atoms with Crippen molar-refractivity contribution in [3.63, 3.8) is 0 Å². The minimum Gasteiger partial charge on any atom is -0.212 e. The summed E-state index contributed by atoms with van der Waals surface area (Å²) in [5, 5.41) is 0. The van der Waals surface area contributed by atoms with E-state index in [1.165, 1.54) is 6.92 Å². The highest BCUT2D eigenvalue weighted by molar-refractivity contribution is 5.20. The molecule has 0 spiro atoms. The summed E-state index contributed by atoms with van der Waals surface area (Å²) in [6.07, 6.45) is 1.57. The van der Waals surface area contributed by atoms with Crippen molar-refractivity contribution in [3.8, 4) is 0 Å². The molecule has 0 N–H and O–H groups in total. The molecule has 0 rings (SSSR count). The molecule has 11 heavy (non-hydrogen) atoms. The summed E-state index contributed by atoms with van der Waals surface area (Å²) in [5.41, 5.74) is 0.704. The van der Waals surface area contributed by atoms with Crippen LogP contribution in [0.15, 0.2) is 24.1 Å². The van der Waals surface area contributed by atoms with Crippen LogP contribution in [-0.2, 0) is 0 Å². The summed E-state index contributed by atoms with van der Waals surface area (Å²) in [5.74, 6) is 0.118. The average molecular weight is 158 g/mol. The van der Waals surface area contributed by atoms with E-state index in [1.54, 1.807) is 6.08 Å². The summed E-state index contributed by atoms with van der Waals surface area (Å²) < 4.78 is 12.4. The van der Waals surface area contributed by atoms with Gasteiger partial charge in [-0.3, -0.25) is 0 Å². The first kappa shape index (κ1) is 13.0. The van der Waals surface area contributed by atoms with Crippen LogP contribution in [0.1, 0.15) is 34.6 Å². The molecule has 0 saturated heterocycles. The van der Waals surface area contributed by atoms with Crippen LogP contribution in [0.3, 0.4) is 0 Å². The normalized spacial score (nSPS) is 11.5. The molecule has 0 nitrogen and oxygen atoms in total. The second-order valence-electron chi connectivity index (χ2n) is 2.35. The molecule has 0 atom stereocenters. The van der Waals surface area contributed by atoms with Crippen molar-refractivity contribution in [1.82, 2.24) is 0 Å². The molecule has 0 unspecified atom stereocenters. The topological polar surface area (TPSA) is 0 Å². The van der Waals surface area contributed by atoms with Crippen LogP contribution < -0.4 is 0 Å². The minimum atomic E-state index is -0.125. The van der Waals surface area contributed by atoms with Crippen molar-refractivity contribution in [2.45, 2.75) is 34.6 Å². The molecule has 66 valence electrons. The smallest absolute Gasteiger partial charge is 0.100 e. The molecule has 1 heteroatoms. The van der Waals surface area contributed by atoms with Crippen molar-refractivity contribution >= 4 is 0 Å². The Hall–Kier alpha value is -0.590. The van der Waals surface area contributed by atoms with Gasteiger partial charge >= 0.3 is 0 Å². The van der Waals surface area contributed by atoms with E-state index in [9.17, 15) is 4.39 Å². The van der Waals surface area contributed by atoms with Crippen molar-refractivity contribution in [3.05, 3.63) is 24.1 Å². The van der Waals surface area contributed by atoms with Crippen LogP contribution in [0.4, 0.5) is 4.39 Å². The third-order valence-electron chi connectivity index (χ3n) is 1.24. The maximum absolute atomic E-state index is 12.4. The van der Waals surface area contributed by atoms with E-state index in [2.05, 4.69) is 6.58 Å². The summed E-state index contributed by atoms with van der Waals surface area (Å²) in [6, 6.07) is 0. The van der Waals surface area contributed by atoms with Gasteiger partial charge in [0.2, 0.25) is 0 Å². The Labute approximate surface area is 69.8 Å². The zero-order valence-electron chi connectivity index (χ0n) is 8.24. The number of hydrogen-bond acceptors (Lipinski definition) is 0. The lowest BCUT2D eigenvalue weighted by molar-refractivity contribution is 0.605. The quantitative estimate of drug-likeness (QED) is 0.531. The van der Waals surface area contributed by atoms with E-state index in [4.69, 9.17) is 0 Å². The summed E-state index contributed by atoms with van der Waals surface area (Å²) in [7, 11) is 0. The van der Waals surface area contributed by atoms with E-state index >= 15 is 0 Å². The Morgan fingerprint density at radius 1 is 1.36 bits per heavy atom. The molecule has 0 heterocycles. The van der Waals surface area contributed by atoms with Crippen molar-refractivity contribution in [1.29, 1.82) is 0 Å². The van der Waals surface area contributed by atoms with Gasteiger partial charge in [0.25, 0.3) is 0 Å². The molecular weight excluding hydrogens is 139 g/mol. The van der Waals surface area contributed by atoms with Crippen molar-refractivity contribution in [2.75, 3.05) is 0 Å². The molecule has 0 aliphatic heterocycles. The summed E-state index contributed by atoms with van der Waals surface area (Å²) >= 11 is 0. The van der Waals surface area contributed by atoms with Gasteiger partial charge < -0.3 is 0 Å². The molecule has 0 aromatic carbocycles. The minimum absolute atomic E-state index is 0.125. The van der Waals surface area contributed by atoms with Crippen LogP contribution >= 0.6 is 0 Å². The molecule has 0 aromatic heterocycles. The highest BCUT2D eigenvalue weighted by Crippen LogP contribution is 2.15. The van der Waals surface area contributed by atoms with Gasteiger partial charge in [-0.15, -0.1) is 0 Å². The first-order chi connectivity index (χ1) is 5.09. The van der Waals surface area contributed by atoms with Crippen LogP contribution in [0.25, 0.3) is 0 Å². The zero-order chi connectivity index (χ0) is 9.44. The van der Waals surface area contributed by atoms with Crippen LogP contribution in [0, 0.1) is 5.92 Å². The number of rotatable bonds is 2. The summed E-state index contributed by atoms with van der Waals surface area (Å²) in [6.45, 7) is 12.9. The SMILES string of the molecule is C=C/C(=C(\C)F)C(C)C.CC. The maximum Gasteiger partial charge on any atom is 0.100 e. The Kier molecular flexibility index (Phi) is 8.91. The molecule has 0 saturated carbocycles. The van der Waals surface area contributed by atoms with Gasteiger partial charge in [-0.25, -0.2) is 4.39 Å². The zero-order valence-corrected chi connectivity index (χ0v) is 8.24. The summed E-state index contributed by atoms with van der Waals surface area (Å²) in [4.78, 5) is 0. The number of hydrogen-bond donors (Lipinski definition) is 0. The lowest BCUT2D eigenvalue weighted by Gasteiger charge is -2.04. The van der Waals surface area contributed by atoms with E-state index in [1.807, 2.05) is 27.7 Å². The van der Waals surface area contributed by atoms with Crippen LogP contribution in [0.5, 0.6) is 0 Å². The highest BCUT2D eigenvalue weighted by Gasteiger charge is 2.01. The molecular formula is C10H19F. The molecule has 0 aliphatic rings. The first-order valence-corrected chi connectivity index (χ1v) is 4.08. The van der Waals surface area contributed by atoms with Crippen molar-refractivity contribution < 1.29 is 4.39 Å². The number of allylic oxidation sites excluding steroid dienone is 3. The molecule has 0 aromatic rings. The predicted octanol–water partition coefficient (Wildman–Crippen LogP) is 4.10. The molecule has 0 fully saturated rings. The fraction of sp³-hybridized carbons (Fsp3) is 0.600. The Morgan fingerprint density at radius 3 is 1.73 bits per heavy atom. The largest absolute Gasteiger partial charge is 0.212 e. The lowest BCUT2D eigenvalue weighted by atomic mass is 10.0. The van der Waals surface area contributed by atoms with Gasteiger partial charge in [0, 0.05) is 0 Å². The predicted molar refractivity (Wildman–Crippen MR) is 50.2 cm³/mol. The third-order valence-corrected chi connectivity index (χ3v) is 1.24. The van der Waals surface area contributed by atoms with Crippen LogP contribution in [-0.4, -0.2) is 0 Å². The second kappa shape index (κ2) is 7.52. The van der Waals surface area contributed by atoms with Crippen molar-refractivity contribution in [2.24, 2.45) is 5.92 Å². The molecule has 0 aliphatic carbocycles. The molecule has 0 amide bonds. The number of halogens is 1. The Bertz CT molecular complexity index is 128. The standard InChI is InChI=1S/C8H13F.C2H6/c1-5-8(6(2)3)7(4)9;1-2/h5-6H,1H2,2-4H3;1-2H3/b8-7-;. The van der Waals surface area contributed by atoms with Gasteiger partial charge in [-0.1, -0.05) is 40.3 Å². The highest BCUT2D eigenvalue weighted by atomic mass is 19.1. The Balaban J connectivity index is 0. The van der Waals surface area contributed by atoms with Gasteiger partial charge in [-0.2, -0.15) is 0 Å². The lowest BCUT2D eigenvalue weighted by Crippen LogP contribution is -1.91. The monoisotopic (exact) mass is 158 g/mol.